The maximum Gasteiger partial charge on any atom is 0.251 e. The van der Waals surface area contributed by atoms with Gasteiger partial charge in [0.2, 0.25) is 16.8 Å². The van der Waals surface area contributed by atoms with E-state index >= 15 is 0 Å². The van der Waals surface area contributed by atoms with Gasteiger partial charge in [0, 0.05) is 17.7 Å². The first kappa shape index (κ1) is 22.6. The summed E-state index contributed by atoms with van der Waals surface area (Å²) in [4.78, 5) is 12.2. The predicted molar refractivity (Wildman–Crippen MR) is 122 cm³/mol. The van der Waals surface area contributed by atoms with Crippen LogP contribution in [-0.4, -0.2) is 33.4 Å². The zero-order valence-electron chi connectivity index (χ0n) is 18.3. The minimum atomic E-state index is -3.58. The van der Waals surface area contributed by atoms with E-state index in [1.54, 1.807) is 0 Å². The van der Waals surface area contributed by atoms with Crippen LogP contribution in [0.3, 0.4) is 0 Å². The number of hydrogen-bond acceptors (Lipinski definition) is 5. The lowest BCUT2D eigenvalue weighted by atomic mass is 9.87. The number of ether oxygens (including phenoxy) is 2. The molecule has 1 heterocycles. The molecule has 1 amide bonds. The monoisotopic (exact) mass is 458 g/mol. The molecule has 3 atom stereocenters. The van der Waals surface area contributed by atoms with Gasteiger partial charge in [-0.3, -0.25) is 4.79 Å². The first-order valence-electron chi connectivity index (χ1n) is 11.1. The summed E-state index contributed by atoms with van der Waals surface area (Å²) >= 11 is 0. The zero-order valence-corrected chi connectivity index (χ0v) is 19.1. The quantitative estimate of drug-likeness (QED) is 0.629. The number of amides is 1. The summed E-state index contributed by atoms with van der Waals surface area (Å²) in [6.45, 7) is 2.56. The first-order chi connectivity index (χ1) is 15.3. The molecule has 0 unspecified atom stereocenters. The minimum Gasteiger partial charge on any atom is -0.454 e. The summed E-state index contributed by atoms with van der Waals surface area (Å²) in [5.74, 6) is 2.71. The third-order valence-electron chi connectivity index (χ3n) is 6.50. The van der Waals surface area contributed by atoms with E-state index in [9.17, 15) is 13.2 Å². The fraction of sp³-hybridized carbons (Fsp3) is 0.458. The number of nitrogens with one attached hydrogen (secondary N) is 1. The van der Waals surface area contributed by atoms with Crippen molar-refractivity contribution in [2.45, 2.75) is 44.4 Å². The number of carbonyl (C=O) groups excluding carboxylic acids is 1. The van der Waals surface area contributed by atoms with Crippen LogP contribution in [0.5, 0.6) is 11.5 Å². The molecule has 1 aliphatic carbocycles. The Morgan fingerprint density at radius 1 is 1.16 bits per heavy atom. The minimum absolute atomic E-state index is 0.00367. The van der Waals surface area contributed by atoms with Gasteiger partial charge in [-0.25, -0.2) is 13.6 Å². The predicted octanol–water partition coefficient (Wildman–Crippen LogP) is 3.51. The van der Waals surface area contributed by atoms with Crippen LogP contribution in [0.15, 0.2) is 42.5 Å². The number of nitrogens with two attached hydrogens (primary N) is 1. The summed E-state index contributed by atoms with van der Waals surface area (Å²) in [7, 11) is -3.58. The van der Waals surface area contributed by atoms with Crippen molar-refractivity contribution in [1.82, 2.24) is 5.32 Å². The fourth-order valence-electron chi connectivity index (χ4n) is 4.88. The SMILES string of the molecule is C[C@@H](C[C@H]1CC[C@@H](c2ccc(C(=O)NCCS(N)(=O)=O)cc2)C1)c1cccc2c1OCO2. The highest BCUT2D eigenvalue weighted by Gasteiger charge is 2.29. The molecule has 2 aromatic carbocycles. The number of fused-ring (bicyclic) bond motifs is 1. The largest absolute Gasteiger partial charge is 0.454 e. The number of sulfonamides is 1. The van der Waals surface area contributed by atoms with Gasteiger partial charge in [-0.2, -0.15) is 0 Å². The van der Waals surface area contributed by atoms with Crippen molar-refractivity contribution in [3.63, 3.8) is 0 Å². The first-order valence-corrected chi connectivity index (χ1v) is 12.8. The van der Waals surface area contributed by atoms with Crippen molar-refractivity contribution in [3.05, 3.63) is 59.2 Å². The molecule has 0 radical (unpaired) electrons. The number of carbonyl (C=O) groups is 1. The smallest absolute Gasteiger partial charge is 0.251 e. The standard InChI is InChI=1S/C24H30N2O5S/c1-16(21-3-2-4-22-23(21)31-15-30-22)13-17-5-6-20(14-17)18-7-9-19(10-8-18)24(27)26-11-12-32(25,28)29/h2-4,7-10,16-17,20H,5-6,11-15H2,1H3,(H,26,27)(H2,25,28,29)/t16-,17+,20+/m0/s1. The molecule has 2 aliphatic rings. The second-order valence-corrected chi connectivity index (χ2v) is 10.6. The molecule has 1 fully saturated rings. The molecule has 7 nitrogen and oxygen atoms in total. The molecule has 32 heavy (non-hydrogen) atoms. The molecule has 0 saturated heterocycles. The molecular weight excluding hydrogens is 428 g/mol. The van der Waals surface area contributed by atoms with Crippen LogP contribution >= 0.6 is 0 Å². The molecule has 2 aromatic rings. The molecular formula is C24H30N2O5S. The van der Waals surface area contributed by atoms with E-state index < -0.39 is 10.0 Å². The van der Waals surface area contributed by atoms with E-state index in [2.05, 4.69) is 18.3 Å². The van der Waals surface area contributed by atoms with Gasteiger partial charge in [-0.1, -0.05) is 31.2 Å². The molecule has 8 heteroatoms. The van der Waals surface area contributed by atoms with Crippen LogP contribution in [0.25, 0.3) is 0 Å². The van der Waals surface area contributed by atoms with Crippen molar-refractivity contribution in [3.8, 4) is 11.5 Å². The molecule has 4 rings (SSSR count). The maximum absolute atomic E-state index is 12.2. The Morgan fingerprint density at radius 2 is 1.94 bits per heavy atom. The van der Waals surface area contributed by atoms with Gasteiger partial charge in [0.15, 0.2) is 11.5 Å². The van der Waals surface area contributed by atoms with E-state index in [4.69, 9.17) is 14.6 Å². The maximum atomic E-state index is 12.2. The summed E-state index contributed by atoms with van der Waals surface area (Å²) in [6, 6.07) is 13.8. The molecule has 1 saturated carbocycles. The Hall–Kier alpha value is -2.58. The topological polar surface area (TPSA) is 108 Å². The molecule has 0 aromatic heterocycles. The molecule has 172 valence electrons. The summed E-state index contributed by atoms with van der Waals surface area (Å²) in [5, 5.41) is 7.55. The Balaban J connectivity index is 1.31. The van der Waals surface area contributed by atoms with E-state index in [0.717, 1.165) is 30.8 Å². The molecule has 0 spiro atoms. The van der Waals surface area contributed by atoms with Gasteiger partial charge >= 0.3 is 0 Å². The lowest BCUT2D eigenvalue weighted by Gasteiger charge is -2.19. The Morgan fingerprint density at radius 3 is 2.69 bits per heavy atom. The normalized spacial score (nSPS) is 20.8. The van der Waals surface area contributed by atoms with Gasteiger partial charge in [0.05, 0.1) is 5.75 Å². The number of rotatable bonds is 8. The highest BCUT2D eigenvalue weighted by atomic mass is 32.2. The second kappa shape index (κ2) is 9.50. The highest BCUT2D eigenvalue weighted by Crippen LogP contribution is 2.45. The number of para-hydroxylation sites is 1. The summed E-state index contributed by atoms with van der Waals surface area (Å²) in [5.41, 5.74) is 2.99. The van der Waals surface area contributed by atoms with Crippen molar-refractivity contribution in [1.29, 1.82) is 0 Å². The third kappa shape index (κ3) is 5.42. The van der Waals surface area contributed by atoms with Crippen LogP contribution in [-0.2, 0) is 10.0 Å². The van der Waals surface area contributed by atoms with Crippen LogP contribution in [0.4, 0.5) is 0 Å². The zero-order chi connectivity index (χ0) is 22.7. The third-order valence-corrected chi connectivity index (χ3v) is 7.28. The number of hydrogen-bond donors (Lipinski definition) is 2. The van der Waals surface area contributed by atoms with E-state index in [-0.39, 0.29) is 18.2 Å². The van der Waals surface area contributed by atoms with E-state index in [0.29, 0.717) is 30.1 Å². The van der Waals surface area contributed by atoms with Crippen molar-refractivity contribution >= 4 is 15.9 Å². The summed E-state index contributed by atoms with van der Waals surface area (Å²) < 4.78 is 33.2. The fourth-order valence-corrected chi connectivity index (χ4v) is 5.26. The van der Waals surface area contributed by atoms with E-state index in [1.165, 1.54) is 17.5 Å². The van der Waals surface area contributed by atoms with Crippen LogP contribution in [0, 0.1) is 5.92 Å². The number of primary sulfonamides is 1. The Labute approximate surface area is 189 Å². The average molecular weight is 459 g/mol. The Bertz CT molecular complexity index is 1070. The lowest BCUT2D eigenvalue weighted by Crippen LogP contribution is -2.31. The average Bonchev–Trinajstić information content (AvgIpc) is 3.42. The van der Waals surface area contributed by atoms with Crippen molar-refractivity contribution in [2.24, 2.45) is 11.1 Å². The second-order valence-electron chi connectivity index (χ2n) is 8.84. The number of benzene rings is 2. The summed E-state index contributed by atoms with van der Waals surface area (Å²) in [6.07, 6.45) is 4.58. The lowest BCUT2D eigenvalue weighted by molar-refractivity contribution is 0.0956. The van der Waals surface area contributed by atoms with Crippen LogP contribution in [0.2, 0.25) is 0 Å². The molecule has 3 N–H and O–H groups in total. The van der Waals surface area contributed by atoms with E-state index in [1.807, 2.05) is 36.4 Å². The van der Waals surface area contributed by atoms with Gasteiger partial charge in [0.1, 0.15) is 0 Å². The van der Waals surface area contributed by atoms with Gasteiger partial charge in [0.25, 0.3) is 5.91 Å². The Kier molecular flexibility index (Phi) is 6.71. The highest BCUT2D eigenvalue weighted by molar-refractivity contribution is 7.89. The van der Waals surface area contributed by atoms with Crippen molar-refractivity contribution in [2.75, 3.05) is 19.1 Å². The van der Waals surface area contributed by atoms with Gasteiger partial charge in [-0.05, 0) is 67.2 Å². The van der Waals surface area contributed by atoms with Gasteiger partial charge in [-0.15, -0.1) is 0 Å². The van der Waals surface area contributed by atoms with Crippen molar-refractivity contribution < 1.29 is 22.7 Å². The van der Waals surface area contributed by atoms with Crippen LogP contribution in [0.1, 0.15) is 65.9 Å². The van der Waals surface area contributed by atoms with Crippen LogP contribution < -0.4 is 19.9 Å². The molecule has 0 bridgehead atoms. The van der Waals surface area contributed by atoms with Gasteiger partial charge < -0.3 is 14.8 Å². The molecule has 1 aliphatic heterocycles.